The van der Waals surface area contributed by atoms with Gasteiger partial charge in [-0.25, -0.2) is 9.67 Å². The van der Waals surface area contributed by atoms with Crippen LogP contribution in [-0.2, 0) is 11.3 Å². The zero-order valence-corrected chi connectivity index (χ0v) is 15.2. The molecule has 7 nitrogen and oxygen atoms in total. The van der Waals surface area contributed by atoms with Gasteiger partial charge < -0.3 is 5.32 Å². The molecular weight excluding hydrogens is 368 g/mol. The Bertz CT molecular complexity index is 997. The van der Waals surface area contributed by atoms with Crippen LogP contribution in [0.5, 0.6) is 0 Å². The molecule has 4 rings (SSSR count). The van der Waals surface area contributed by atoms with Gasteiger partial charge in [0.05, 0.1) is 40.6 Å². The molecule has 0 spiro atoms. The molecule has 9 heteroatoms. The van der Waals surface area contributed by atoms with Crippen LogP contribution in [0.4, 0.5) is 0 Å². The van der Waals surface area contributed by atoms with Crippen molar-refractivity contribution in [3.63, 3.8) is 0 Å². The normalized spacial score (nSPS) is 10.9. The third kappa shape index (κ3) is 3.89. The lowest BCUT2D eigenvalue weighted by Gasteiger charge is -2.01. The number of para-hydroxylation sites is 1. The highest BCUT2D eigenvalue weighted by Gasteiger charge is 2.09. The van der Waals surface area contributed by atoms with E-state index >= 15 is 0 Å². The molecule has 26 heavy (non-hydrogen) atoms. The summed E-state index contributed by atoms with van der Waals surface area (Å²) in [6.07, 6.45) is 5.17. The second-order valence-electron chi connectivity index (χ2n) is 5.38. The standard InChI is InChI=1S/C17H14N6OS2/c24-16(11-25-17-20-14-5-1-2-6-15(14)26-17)19-8-12-10-23(22-21-12)13-4-3-7-18-9-13/h1-7,9-10H,8,11H2,(H,19,24). The lowest BCUT2D eigenvalue weighted by Crippen LogP contribution is -2.24. The number of nitrogens with zero attached hydrogens (tertiary/aromatic N) is 5. The number of carbonyl (C=O) groups is 1. The molecule has 4 aromatic rings. The lowest BCUT2D eigenvalue weighted by molar-refractivity contribution is -0.118. The summed E-state index contributed by atoms with van der Waals surface area (Å²) in [7, 11) is 0. The molecular formula is C17H14N6OS2. The van der Waals surface area contributed by atoms with E-state index in [-0.39, 0.29) is 5.91 Å². The number of nitrogens with one attached hydrogen (secondary N) is 1. The average Bonchev–Trinajstić information content (AvgIpc) is 3.32. The smallest absolute Gasteiger partial charge is 0.230 e. The number of thiazole rings is 1. The summed E-state index contributed by atoms with van der Waals surface area (Å²) in [6, 6.07) is 11.7. The Morgan fingerprint density at radius 1 is 1.23 bits per heavy atom. The van der Waals surface area contributed by atoms with Crippen molar-refractivity contribution in [1.29, 1.82) is 0 Å². The number of benzene rings is 1. The van der Waals surface area contributed by atoms with Gasteiger partial charge in [0.15, 0.2) is 4.34 Å². The molecule has 3 aromatic heterocycles. The predicted molar refractivity (Wildman–Crippen MR) is 101 cm³/mol. The zero-order valence-electron chi connectivity index (χ0n) is 13.6. The van der Waals surface area contributed by atoms with E-state index in [1.165, 1.54) is 11.8 Å². The molecule has 0 aliphatic carbocycles. The summed E-state index contributed by atoms with van der Waals surface area (Å²) in [5, 5.41) is 11.0. The third-order valence-electron chi connectivity index (χ3n) is 3.52. The molecule has 0 saturated heterocycles. The Hall–Kier alpha value is -2.78. The zero-order chi connectivity index (χ0) is 17.8. The number of amides is 1. The van der Waals surface area contributed by atoms with Crippen LogP contribution < -0.4 is 5.32 Å². The van der Waals surface area contributed by atoms with Crippen molar-refractivity contribution in [2.75, 3.05) is 5.75 Å². The Kier molecular flexibility index (Phi) is 4.89. The van der Waals surface area contributed by atoms with Crippen LogP contribution in [0.15, 0.2) is 59.3 Å². The third-order valence-corrected chi connectivity index (χ3v) is 5.70. The van der Waals surface area contributed by atoms with Gasteiger partial charge in [0.2, 0.25) is 5.91 Å². The van der Waals surface area contributed by atoms with Crippen LogP contribution in [-0.4, -0.2) is 36.6 Å². The largest absolute Gasteiger partial charge is 0.350 e. The number of thioether (sulfide) groups is 1. The first-order valence-electron chi connectivity index (χ1n) is 7.84. The Balaban J connectivity index is 1.29. The summed E-state index contributed by atoms with van der Waals surface area (Å²) in [5.74, 6) is 0.251. The highest BCUT2D eigenvalue weighted by molar-refractivity contribution is 8.01. The lowest BCUT2D eigenvalue weighted by atomic mass is 10.3. The van der Waals surface area contributed by atoms with E-state index in [0.717, 1.165) is 20.2 Å². The molecule has 0 aliphatic rings. The van der Waals surface area contributed by atoms with Gasteiger partial charge >= 0.3 is 0 Å². The Labute approximate surface area is 157 Å². The number of carbonyl (C=O) groups excluding carboxylic acids is 1. The van der Waals surface area contributed by atoms with Crippen LogP contribution in [0.1, 0.15) is 5.69 Å². The summed E-state index contributed by atoms with van der Waals surface area (Å²) in [6.45, 7) is 0.333. The van der Waals surface area contributed by atoms with Crippen LogP contribution in [0.25, 0.3) is 15.9 Å². The van der Waals surface area contributed by atoms with Gasteiger partial charge in [0, 0.05) is 6.20 Å². The monoisotopic (exact) mass is 382 g/mol. The van der Waals surface area contributed by atoms with Crippen molar-refractivity contribution in [3.05, 3.63) is 60.7 Å². The fourth-order valence-electron chi connectivity index (χ4n) is 2.28. The van der Waals surface area contributed by atoms with Crippen LogP contribution in [0.3, 0.4) is 0 Å². The molecule has 0 fully saturated rings. The predicted octanol–water partition coefficient (Wildman–Crippen LogP) is 2.68. The van der Waals surface area contributed by atoms with Crippen molar-refractivity contribution in [3.8, 4) is 5.69 Å². The molecule has 1 aromatic carbocycles. The quantitative estimate of drug-likeness (QED) is 0.516. The number of hydrogen-bond donors (Lipinski definition) is 1. The Morgan fingerprint density at radius 3 is 3.00 bits per heavy atom. The molecule has 0 saturated carbocycles. The molecule has 0 radical (unpaired) electrons. The highest BCUT2D eigenvalue weighted by Crippen LogP contribution is 2.28. The summed E-state index contributed by atoms with van der Waals surface area (Å²) >= 11 is 3.03. The second kappa shape index (κ2) is 7.63. The summed E-state index contributed by atoms with van der Waals surface area (Å²) < 4.78 is 3.65. The van der Waals surface area contributed by atoms with Crippen LogP contribution >= 0.6 is 23.1 Å². The van der Waals surface area contributed by atoms with Gasteiger partial charge in [-0.3, -0.25) is 9.78 Å². The molecule has 0 atom stereocenters. The maximum Gasteiger partial charge on any atom is 0.230 e. The van der Waals surface area contributed by atoms with E-state index in [9.17, 15) is 4.79 Å². The van der Waals surface area contributed by atoms with Crippen LogP contribution in [0, 0.1) is 0 Å². The number of pyridine rings is 1. The van der Waals surface area contributed by atoms with Crippen molar-refractivity contribution < 1.29 is 4.79 Å². The minimum atomic E-state index is -0.0646. The molecule has 0 unspecified atom stereocenters. The summed E-state index contributed by atoms with van der Waals surface area (Å²) in [4.78, 5) is 20.6. The molecule has 0 aliphatic heterocycles. The first-order chi connectivity index (χ1) is 12.8. The SMILES string of the molecule is O=C(CSc1nc2ccccc2s1)NCc1cn(-c2cccnc2)nn1. The number of aromatic nitrogens is 5. The topological polar surface area (TPSA) is 85.6 Å². The van der Waals surface area contributed by atoms with E-state index in [0.29, 0.717) is 18.0 Å². The molecule has 0 bridgehead atoms. The first-order valence-corrected chi connectivity index (χ1v) is 9.65. The number of hydrogen-bond acceptors (Lipinski definition) is 7. The van der Waals surface area contributed by atoms with Crippen molar-refractivity contribution in [2.24, 2.45) is 0 Å². The first kappa shape index (κ1) is 16.7. The van der Waals surface area contributed by atoms with Crippen molar-refractivity contribution in [2.45, 2.75) is 10.9 Å². The Morgan fingerprint density at radius 2 is 2.15 bits per heavy atom. The number of fused-ring (bicyclic) bond motifs is 1. The minimum Gasteiger partial charge on any atom is -0.350 e. The fraction of sp³-hybridized carbons (Fsp3) is 0.118. The van der Waals surface area contributed by atoms with E-state index in [1.807, 2.05) is 36.4 Å². The average molecular weight is 382 g/mol. The molecule has 1 N–H and O–H groups in total. The van der Waals surface area contributed by atoms with Gasteiger partial charge in [-0.15, -0.1) is 16.4 Å². The molecule has 3 heterocycles. The van der Waals surface area contributed by atoms with Gasteiger partial charge in [0.25, 0.3) is 0 Å². The van der Waals surface area contributed by atoms with E-state index < -0.39 is 0 Å². The fourth-order valence-corrected chi connectivity index (χ4v) is 4.17. The maximum absolute atomic E-state index is 12.1. The van der Waals surface area contributed by atoms with Crippen molar-refractivity contribution in [1.82, 2.24) is 30.3 Å². The van der Waals surface area contributed by atoms with Gasteiger partial charge in [-0.05, 0) is 24.3 Å². The van der Waals surface area contributed by atoms with Gasteiger partial charge in [-0.1, -0.05) is 29.1 Å². The van der Waals surface area contributed by atoms with E-state index in [1.54, 1.807) is 34.6 Å². The molecule has 1 amide bonds. The van der Waals surface area contributed by atoms with E-state index in [2.05, 4.69) is 25.6 Å². The van der Waals surface area contributed by atoms with Crippen LogP contribution in [0.2, 0.25) is 0 Å². The summed E-state index contributed by atoms with van der Waals surface area (Å²) in [5.41, 5.74) is 2.48. The van der Waals surface area contributed by atoms with E-state index in [4.69, 9.17) is 0 Å². The highest BCUT2D eigenvalue weighted by atomic mass is 32.2. The second-order valence-corrected chi connectivity index (χ2v) is 7.63. The van der Waals surface area contributed by atoms with Crippen molar-refractivity contribution >= 4 is 39.2 Å². The van der Waals surface area contributed by atoms with Gasteiger partial charge in [-0.2, -0.15) is 0 Å². The maximum atomic E-state index is 12.1. The minimum absolute atomic E-state index is 0.0646. The number of rotatable bonds is 6. The van der Waals surface area contributed by atoms with Gasteiger partial charge in [0.1, 0.15) is 5.69 Å². The molecule has 130 valence electrons.